The molecule has 2 aromatic rings. The first-order valence-corrected chi connectivity index (χ1v) is 7.06. The van der Waals surface area contributed by atoms with Gasteiger partial charge in [-0.2, -0.15) is 0 Å². The van der Waals surface area contributed by atoms with Gasteiger partial charge in [0.1, 0.15) is 11.9 Å². The van der Waals surface area contributed by atoms with Gasteiger partial charge in [0.2, 0.25) is 5.56 Å². The Morgan fingerprint density at radius 2 is 2.29 bits per heavy atom. The van der Waals surface area contributed by atoms with Gasteiger partial charge in [-0.15, -0.1) is 0 Å². The summed E-state index contributed by atoms with van der Waals surface area (Å²) in [6, 6.07) is 4.82. The largest absolute Gasteiger partial charge is 0.489 e. The number of aryl methyl sites for hydroxylation is 1. The second-order valence-electron chi connectivity index (χ2n) is 5.70. The maximum atomic E-state index is 11.8. The number of Topliss-reactive ketones (excluding diaryl/α,β-unsaturated/α-hetero) is 1. The minimum Gasteiger partial charge on any atom is -0.489 e. The maximum absolute atomic E-state index is 11.8. The molecule has 0 fully saturated rings. The van der Waals surface area contributed by atoms with Crippen LogP contribution in [-0.2, 0) is 11.2 Å². The molecule has 5 nitrogen and oxygen atoms in total. The third kappa shape index (κ3) is 2.45. The second kappa shape index (κ2) is 5.00. The van der Waals surface area contributed by atoms with Gasteiger partial charge >= 0.3 is 0 Å². The van der Waals surface area contributed by atoms with E-state index < -0.39 is 6.04 Å². The Hall–Kier alpha value is -2.14. The molecule has 3 N–H and O–H groups in total. The van der Waals surface area contributed by atoms with Gasteiger partial charge in [-0.1, -0.05) is 6.07 Å². The quantitative estimate of drug-likeness (QED) is 0.894. The molecule has 0 saturated carbocycles. The predicted molar refractivity (Wildman–Crippen MR) is 80.7 cm³/mol. The highest BCUT2D eigenvalue weighted by Gasteiger charge is 2.28. The number of ether oxygens (including phenoxy) is 1. The minimum absolute atomic E-state index is 0.00207. The van der Waals surface area contributed by atoms with Crippen molar-refractivity contribution in [3.8, 4) is 5.75 Å². The normalized spacial score (nSPS) is 18.3. The summed E-state index contributed by atoms with van der Waals surface area (Å²) in [7, 11) is 0. The molecule has 2 heterocycles. The number of H-pyrrole nitrogens is 1. The van der Waals surface area contributed by atoms with Crippen LogP contribution in [0, 0.1) is 6.92 Å². The Kier molecular flexibility index (Phi) is 3.29. The number of aromatic amines is 1. The molecule has 0 bridgehead atoms. The van der Waals surface area contributed by atoms with E-state index in [2.05, 4.69) is 4.98 Å². The first kappa shape index (κ1) is 13.8. The van der Waals surface area contributed by atoms with Crippen molar-refractivity contribution in [3.63, 3.8) is 0 Å². The standard InChI is InChI=1S/C16H18N2O3/c1-8-5-10-6-11(7-13(19)9(2)17)21-16(10)12-3-4-14(20)18-15(8)12/h3-5,9,11H,6-7,17H2,1-2H3,(H,18,20)/t9-,11?/m1/s1. The van der Waals surface area contributed by atoms with Gasteiger partial charge in [0, 0.05) is 24.3 Å². The summed E-state index contributed by atoms with van der Waals surface area (Å²) in [6.45, 7) is 3.65. The van der Waals surface area contributed by atoms with E-state index in [1.165, 1.54) is 6.07 Å². The first-order valence-electron chi connectivity index (χ1n) is 7.06. The number of hydrogen-bond acceptors (Lipinski definition) is 4. The van der Waals surface area contributed by atoms with E-state index in [9.17, 15) is 9.59 Å². The van der Waals surface area contributed by atoms with E-state index in [1.54, 1.807) is 13.0 Å². The molecule has 1 aromatic heterocycles. The van der Waals surface area contributed by atoms with Gasteiger partial charge in [0.05, 0.1) is 11.6 Å². The van der Waals surface area contributed by atoms with Crippen LogP contribution in [0.4, 0.5) is 0 Å². The number of benzene rings is 1. The summed E-state index contributed by atoms with van der Waals surface area (Å²) < 4.78 is 5.94. The Labute approximate surface area is 122 Å². The number of carbonyl (C=O) groups excluding carboxylic acids is 1. The highest BCUT2D eigenvalue weighted by molar-refractivity contribution is 5.90. The predicted octanol–water partition coefficient (Wildman–Crippen LogP) is 1.45. The van der Waals surface area contributed by atoms with Crippen molar-refractivity contribution < 1.29 is 9.53 Å². The van der Waals surface area contributed by atoms with E-state index in [4.69, 9.17) is 10.5 Å². The van der Waals surface area contributed by atoms with Crippen LogP contribution >= 0.6 is 0 Å². The van der Waals surface area contributed by atoms with Crippen molar-refractivity contribution in [2.24, 2.45) is 5.73 Å². The molecule has 1 aliphatic rings. The SMILES string of the molecule is Cc1cc2c(c3ccc(=O)[nH]c13)OC(CC(=O)[C@@H](C)N)C2. The van der Waals surface area contributed by atoms with Gasteiger partial charge in [0.25, 0.3) is 0 Å². The van der Waals surface area contributed by atoms with Crippen LogP contribution in [-0.4, -0.2) is 22.9 Å². The van der Waals surface area contributed by atoms with E-state index >= 15 is 0 Å². The summed E-state index contributed by atoms with van der Waals surface area (Å²) in [4.78, 5) is 26.1. The van der Waals surface area contributed by atoms with E-state index in [0.29, 0.717) is 12.8 Å². The lowest BCUT2D eigenvalue weighted by Crippen LogP contribution is -2.31. The lowest BCUT2D eigenvalue weighted by atomic mass is 10.00. The molecule has 21 heavy (non-hydrogen) atoms. The Morgan fingerprint density at radius 1 is 1.52 bits per heavy atom. The molecule has 0 radical (unpaired) electrons. The molecule has 1 aromatic carbocycles. The van der Waals surface area contributed by atoms with Crippen LogP contribution in [0.2, 0.25) is 0 Å². The molecule has 1 aliphatic heterocycles. The summed E-state index contributed by atoms with van der Waals surface area (Å²) >= 11 is 0. The smallest absolute Gasteiger partial charge is 0.248 e. The zero-order chi connectivity index (χ0) is 15.1. The lowest BCUT2D eigenvalue weighted by Gasteiger charge is -2.12. The molecule has 1 unspecified atom stereocenters. The average molecular weight is 286 g/mol. The molecule has 0 spiro atoms. The van der Waals surface area contributed by atoms with E-state index in [0.717, 1.165) is 27.8 Å². The number of aromatic nitrogens is 1. The molecular weight excluding hydrogens is 268 g/mol. The third-order valence-electron chi connectivity index (χ3n) is 3.91. The number of nitrogens with two attached hydrogens (primary N) is 1. The molecular formula is C16H18N2O3. The number of ketones is 1. The highest BCUT2D eigenvalue weighted by Crippen LogP contribution is 2.37. The summed E-state index contributed by atoms with van der Waals surface area (Å²) in [6.07, 6.45) is 0.843. The Morgan fingerprint density at radius 3 is 3.00 bits per heavy atom. The number of nitrogens with one attached hydrogen (secondary N) is 1. The molecule has 110 valence electrons. The van der Waals surface area contributed by atoms with Crippen molar-refractivity contribution in [2.75, 3.05) is 0 Å². The maximum Gasteiger partial charge on any atom is 0.248 e. The first-order chi connectivity index (χ1) is 9.95. The van der Waals surface area contributed by atoms with Gasteiger partial charge in [-0.05, 0) is 31.0 Å². The summed E-state index contributed by atoms with van der Waals surface area (Å²) in [5.41, 5.74) is 8.35. The summed E-state index contributed by atoms with van der Waals surface area (Å²) in [5, 5.41) is 0.889. The second-order valence-corrected chi connectivity index (χ2v) is 5.70. The molecule has 5 heteroatoms. The zero-order valence-corrected chi connectivity index (χ0v) is 12.1. The Balaban J connectivity index is 1.98. The van der Waals surface area contributed by atoms with Gasteiger partial charge in [0.15, 0.2) is 5.78 Å². The van der Waals surface area contributed by atoms with Gasteiger partial charge < -0.3 is 15.5 Å². The van der Waals surface area contributed by atoms with Crippen molar-refractivity contribution in [1.29, 1.82) is 0 Å². The average Bonchev–Trinajstić information content (AvgIpc) is 2.81. The number of fused-ring (bicyclic) bond motifs is 3. The fraction of sp³-hybridized carbons (Fsp3) is 0.375. The molecule has 0 amide bonds. The van der Waals surface area contributed by atoms with Gasteiger partial charge in [-0.25, -0.2) is 0 Å². The van der Waals surface area contributed by atoms with Crippen LogP contribution in [0.15, 0.2) is 23.0 Å². The number of carbonyl (C=O) groups is 1. The molecule has 0 aliphatic carbocycles. The van der Waals surface area contributed by atoms with E-state index in [-0.39, 0.29) is 17.4 Å². The van der Waals surface area contributed by atoms with E-state index in [1.807, 2.05) is 13.0 Å². The Bertz CT molecular complexity index is 777. The molecule has 2 atom stereocenters. The number of hydrogen-bond donors (Lipinski definition) is 2. The van der Waals surface area contributed by atoms with Crippen LogP contribution in [0.1, 0.15) is 24.5 Å². The number of rotatable bonds is 3. The minimum atomic E-state index is -0.466. The summed E-state index contributed by atoms with van der Waals surface area (Å²) in [5.74, 6) is 0.775. The third-order valence-corrected chi connectivity index (χ3v) is 3.91. The molecule has 3 rings (SSSR count). The van der Waals surface area contributed by atoms with Crippen LogP contribution in [0.5, 0.6) is 5.75 Å². The fourth-order valence-corrected chi connectivity index (χ4v) is 2.82. The zero-order valence-electron chi connectivity index (χ0n) is 12.1. The highest BCUT2D eigenvalue weighted by atomic mass is 16.5. The topological polar surface area (TPSA) is 85.2 Å². The van der Waals surface area contributed by atoms with Crippen molar-refractivity contribution in [3.05, 3.63) is 39.7 Å². The van der Waals surface area contributed by atoms with Crippen LogP contribution in [0.3, 0.4) is 0 Å². The van der Waals surface area contributed by atoms with Crippen LogP contribution < -0.4 is 16.0 Å². The van der Waals surface area contributed by atoms with Crippen molar-refractivity contribution in [2.45, 2.75) is 38.8 Å². The van der Waals surface area contributed by atoms with Gasteiger partial charge in [-0.3, -0.25) is 9.59 Å². The van der Waals surface area contributed by atoms with Crippen LogP contribution in [0.25, 0.3) is 10.9 Å². The number of pyridine rings is 1. The van der Waals surface area contributed by atoms with Crippen molar-refractivity contribution in [1.82, 2.24) is 4.98 Å². The molecule has 0 saturated heterocycles. The monoisotopic (exact) mass is 286 g/mol. The van der Waals surface area contributed by atoms with Crippen molar-refractivity contribution >= 4 is 16.7 Å². The lowest BCUT2D eigenvalue weighted by molar-refractivity contribution is -0.121. The fourth-order valence-electron chi connectivity index (χ4n) is 2.82.